The summed E-state index contributed by atoms with van der Waals surface area (Å²) < 4.78 is 15.9. The first-order chi connectivity index (χ1) is 17.7. The van der Waals surface area contributed by atoms with Gasteiger partial charge in [0.1, 0.15) is 17.1 Å². The smallest absolute Gasteiger partial charge is 0.138 e. The van der Waals surface area contributed by atoms with Gasteiger partial charge >= 0.3 is 0 Å². The van der Waals surface area contributed by atoms with Gasteiger partial charge in [-0.3, -0.25) is 0 Å². The normalized spacial score (nSPS) is 11.6. The van der Waals surface area contributed by atoms with E-state index in [0.29, 0.717) is 5.69 Å². The number of aromatic nitrogens is 2. The Bertz CT molecular complexity index is 1530. The second kappa shape index (κ2) is 8.82. The summed E-state index contributed by atoms with van der Waals surface area (Å²) in [5.41, 5.74) is 11.9. The van der Waals surface area contributed by atoms with Crippen molar-refractivity contribution in [1.29, 1.82) is 0 Å². The van der Waals surface area contributed by atoms with Crippen molar-refractivity contribution >= 4 is 16.6 Å². The Morgan fingerprint density at radius 1 is 0.611 bits per heavy atom. The minimum absolute atomic E-state index is 0.283. The molecule has 6 rings (SSSR count). The average molecular weight is 470 g/mol. The fraction of sp³-hybridized carbons (Fsp3) is 0.0312. The molecular formula is C32H24FN3. The Balaban J connectivity index is 1.79. The van der Waals surface area contributed by atoms with Gasteiger partial charge in [0.15, 0.2) is 0 Å². The molecule has 0 amide bonds. The Morgan fingerprint density at radius 3 is 1.61 bits per heavy atom. The lowest BCUT2D eigenvalue weighted by atomic mass is 9.77. The maximum absolute atomic E-state index is 13.8. The Morgan fingerprint density at radius 2 is 1.11 bits per heavy atom. The summed E-state index contributed by atoms with van der Waals surface area (Å²) >= 11 is 0. The summed E-state index contributed by atoms with van der Waals surface area (Å²) in [5, 5.41) is 6.18. The second-order valence-corrected chi connectivity index (χ2v) is 8.85. The number of halogens is 1. The first-order valence-electron chi connectivity index (χ1n) is 11.9. The molecular weight excluding hydrogens is 445 g/mol. The molecule has 0 saturated carbocycles. The van der Waals surface area contributed by atoms with Crippen LogP contribution in [0.15, 0.2) is 133 Å². The molecule has 0 spiro atoms. The lowest BCUT2D eigenvalue weighted by molar-refractivity contribution is 0.477. The van der Waals surface area contributed by atoms with E-state index in [9.17, 15) is 4.39 Å². The van der Waals surface area contributed by atoms with Gasteiger partial charge in [-0.1, -0.05) is 91.0 Å². The van der Waals surface area contributed by atoms with E-state index < -0.39 is 5.54 Å². The molecule has 36 heavy (non-hydrogen) atoms. The molecule has 2 N–H and O–H groups in total. The molecule has 0 radical (unpaired) electrons. The first-order valence-corrected chi connectivity index (χ1v) is 11.9. The van der Waals surface area contributed by atoms with Gasteiger partial charge in [-0.2, -0.15) is 5.10 Å². The molecule has 174 valence electrons. The monoisotopic (exact) mass is 469 g/mol. The predicted molar refractivity (Wildman–Crippen MR) is 144 cm³/mol. The van der Waals surface area contributed by atoms with Crippen molar-refractivity contribution < 1.29 is 4.39 Å². The fourth-order valence-electron chi connectivity index (χ4n) is 5.12. The van der Waals surface area contributed by atoms with E-state index in [2.05, 4.69) is 77.5 Å². The summed E-state index contributed by atoms with van der Waals surface area (Å²) in [7, 11) is 0. The number of benzene rings is 5. The number of anilines is 1. The maximum atomic E-state index is 13.8. The van der Waals surface area contributed by atoms with E-state index in [1.165, 1.54) is 12.1 Å². The lowest BCUT2D eigenvalue weighted by Gasteiger charge is -2.37. The molecule has 4 heteroatoms. The lowest BCUT2D eigenvalue weighted by Crippen LogP contribution is -2.38. The van der Waals surface area contributed by atoms with E-state index in [0.717, 1.165) is 38.9 Å². The zero-order valence-electron chi connectivity index (χ0n) is 19.6. The first kappa shape index (κ1) is 21.8. The number of nitrogens with two attached hydrogens (primary N) is 1. The quantitative estimate of drug-likeness (QED) is 0.213. The highest BCUT2D eigenvalue weighted by Gasteiger charge is 2.40. The molecule has 0 aliphatic carbocycles. The van der Waals surface area contributed by atoms with Crippen LogP contribution in [0, 0.1) is 5.82 Å². The van der Waals surface area contributed by atoms with Crippen LogP contribution in [0.1, 0.15) is 16.7 Å². The highest BCUT2D eigenvalue weighted by Crippen LogP contribution is 2.44. The van der Waals surface area contributed by atoms with Gasteiger partial charge in [0.25, 0.3) is 0 Å². The van der Waals surface area contributed by atoms with Crippen LogP contribution >= 0.6 is 0 Å². The molecule has 5 aromatic carbocycles. The van der Waals surface area contributed by atoms with Gasteiger partial charge in [0.05, 0.1) is 5.52 Å². The Labute approximate surface area is 209 Å². The number of fused-ring (bicyclic) bond motifs is 1. The third kappa shape index (κ3) is 3.46. The molecule has 1 heterocycles. The van der Waals surface area contributed by atoms with Crippen LogP contribution in [-0.2, 0) is 5.54 Å². The largest absolute Gasteiger partial charge is 0.399 e. The summed E-state index contributed by atoms with van der Waals surface area (Å²) in [4.78, 5) is 0. The highest BCUT2D eigenvalue weighted by atomic mass is 19.1. The van der Waals surface area contributed by atoms with Crippen molar-refractivity contribution in [2.24, 2.45) is 0 Å². The van der Waals surface area contributed by atoms with E-state index in [4.69, 9.17) is 10.8 Å². The van der Waals surface area contributed by atoms with Crippen LogP contribution < -0.4 is 5.73 Å². The van der Waals surface area contributed by atoms with E-state index in [1.54, 1.807) is 12.1 Å². The van der Waals surface area contributed by atoms with Crippen molar-refractivity contribution in [3.8, 4) is 11.3 Å². The predicted octanol–water partition coefficient (Wildman–Crippen LogP) is 7.26. The summed E-state index contributed by atoms with van der Waals surface area (Å²) in [5.74, 6) is -0.283. The standard InChI is InChI=1S/C32H24FN3/c33-27-18-16-23(17-19-27)31-29-22-28(34)20-21-30(29)36(35-31)32(24-10-4-1-5-11-24,25-12-6-2-7-13-25)26-14-8-3-9-15-26/h1-22H,34H2. The topological polar surface area (TPSA) is 43.8 Å². The number of nitrogens with zero attached hydrogens (tertiary/aromatic N) is 2. The molecule has 1 aromatic heterocycles. The van der Waals surface area contributed by atoms with E-state index in [1.807, 2.05) is 36.4 Å². The van der Waals surface area contributed by atoms with Crippen LogP contribution in [-0.4, -0.2) is 9.78 Å². The molecule has 0 atom stereocenters. The van der Waals surface area contributed by atoms with E-state index in [-0.39, 0.29) is 5.82 Å². The third-order valence-electron chi connectivity index (χ3n) is 6.71. The van der Waals surface area contributed by atoms with Gasteiger partial charge in [-0.25, -0.2) is 9.07 Å². The molecule has 0 saturated heterocycles. The van der Waals surface area contributed by atoms with Crippen molar-refractivity contribution in [3.05, 3.63) is 156 Å². The molecule has 0 fully saturated rings. The van der Waals surface area contributed by atoms with Crippen molar-refractivity contribution in [1.82, 2.24) is 9.78 Å². The van der Waals surface area contributed by atoms with Crippen LogP contribution in [0.5, 0.6) is 0 Å². The third-order valence-corrected chi connectivity index (χ3v) is 6.71. The summed E-state index contributed by atoms with van der Waals surface area (Å²) in [6.45, 7) is 0. The van der Waals surface area contributed by atoms with Gasteiger partial charge < -0.3 is 5.73 Å². The number of rotatable bonds is 5. The number of nitrogen functional groups attached to an aromatic ring is 1. The fourth-order valence-corrected chi connectivity index (χ4v) is 5.12. The molecule has 0 aliphatic rings. The van der Waals surface area contributed by atoms with Crippen LogP contribution in [0.3, 0.4) is 0 Å². The van der Waals surface area contributed by atoms with Crippen molar-refractivity contribution in [3.63, 3.8) is 0 Å². The molecule has 3 nitrogen and oxygen atoms in total. The van der Waals surface area contributed by atoms with Gasteiger partial charge in [-0.15, -0.1) is 0 Å². The van der Waals surface area contributed by atoms with Crippen molar-refractivity contribution in [2.45, 2.75) is 5.54 Å². The maximum Gasteiger partial charge on any atom is 0.138 e. The average Bonchev–Trinajstić information content (AvgIpc) is 3.30. The minimum atomic E-state index is -0.767. The Hall–Kier alpha value is -4.70. The Kier molecular flexibility index (Phi) is 5.34. The highest BCUT2D eigenvalue weighted by molar-refractivity contribution is 5.95. The van der Waals surface area contributed by atoms with Crippen molar-refractivity contribution in [2.75, 3.05) is 5.73 Å². The zero-order valence-corrected chi connectivity index (χ0v) is 19.6. The molecule has 0 unspecified atom stereocenters. The summed E-state index contributed by atoms with van der Waals surface area (Å²) in [6, 6.07) is 43.6. The summed E-state index contributed by atoms with van der Waals surface area (Å²) in [6.07, 6.45) is 0. The number of hydrogen-bond acceptors (Lipinski definition) is 2. The van der Waals surface area contributed by atoms with Gasteiger partial charge in [0, 0.05) is 16.6 Å². The van der Waals surface area contributed by atoms with Crippen LogP contribution in [0.4, 0.5) is 10.1 Å². The molecule has 6 aromatic rings. The zero-order chi connectivity index (χ0) is 24.5. The molecule has 0 bridgehead atoms. The van der Waals surface area contributed by atoms with Crippen LogP contribution in [0.25, 0.3) is 22.2 Å². The van der Waals surface area contributed by atoms with Crippen LogP contribution in [0.2, 0.25) is 0 Å². The molecule has 0 aliphatic heterocycles. The van der Waals surface area contributed by atoms with E-state index >= 15 is 0 Å². The number of hydrogen-bond donors (Lipinski definition) is 1. The second-order valence-electron chi connectivity index (χ2n) is 8.85. The minimum Gasteiger partial charge on any atom is -0.399 e. The SMILES string of the molecule is Nc1ccc2c(c1)c(-c1ccc(F)cc1)nn2C(c1ccccc1)(c1ccccc1)c1ccccc1. The van der Waals surface area contributed by atoms with Gasteiger partial charge in [0.2, 0.25) is 0 Å². The van der Waals surface area contributed by atoms with Gasteiger partial charge in [-0.05, 0) is 59.2 Å².